The Bertz CT molecular complexity index is 109. The number of aliphatic hydroxyl groups is 4. The number of aliphatic hydroxyl groups excluding tert-OH is 4. The molecule has 72 valence electrons. The Morgan fingerprint density at radius 3 is 0.917 bits per heavy atom. The van der Waals surface area contributed by atoms with Gasteiger partial charge in [-0.15, -0.1) is 0 Å². The highest BCUT2D eigenvalue weighted by Gasteiger charge is 2.45. The van der Waals surface area contributed by atoms with E-state index in [9.17, 15) is 20.4 Å². The van der Waals surface area contributed by atoms with Gasteiger partial charge < -0.3 is 31.9 Å². The highest BCUT2D eigenvalue weighted by atomic mass is 16.4. The predicted molar refractivity (Wildman–Crippen MR) is 40.0 cm³/mol. The summed E-state index contributed by atoms with van der Waals surface area (Å²) in [6, 6.07) is -2.12. The molecule has 1 aliphatic rings. The molecule has 0 heterocycles. The number of hydrogen-bond acceptors (Lipinski definition) is 6. The van der Waals surface area contributed by atoms with Crippen LogP contribution in [0.2, 0.25) is 0 Å². The Morgan fingerprint density at radius 2 is 0.750 bits per heavy atom. The lowest BCUT2D eigenvalue weighted by atomic mass is 9.82. The molecule has 0 aromatic heterocycles. The quantitative estimate of drug-likeness (QED) is 0.224. The van der Waals surface area contributed by atoms with E-state index in [1.165, 1.54) is 0 Å². The first kappa shape index (κ1) is 9.85. The van der Waals surface area contributed by atoms with Gasteiger partial charge >= 0.3 is 0 Å². The lowest BCUT2D eigenvalue weighted by Gasteiger charge is -2.40. The largest absolute Gasteiger partial charge is 0.389 e. The van der Waals surface area contributed by atoms with Crippen molar-refractivity contribution in [3.05, 3.63) is 0 Å². The van der Waals surface area contributed by atoms with Crippen LogP contribution in [0.25, 0.3) is 0 Å². The van der Waals surface area contributed by atoms with E-state index in [0.29, 0.717) is 0 Å². The van der Waals surface area contributed by atoms with Crippen molar-refractivity contribution in [1.29, 1.82) is 0 Å². The van der Waals surface area contributed by atoms with Gasteiger partial charge in [0.1, 0.15) is 0 Å². The fraction of sp³-hybridized carbons (Fsp3) is 1.00. The SMILES string of the molecule is NC1[C@@H](O)[C@@H](O)C(N)[C@H](O)[C@H]1O. The van der Waals surface area contributed by atoms with Crippen molar-refractivity contribution in [2.75, 3.05) is 0 Å². The molecule has 1 rings (SSSR count). The minimum Gasteiger partial charge on any atom is -0.389 e. The minimum absolute atomic E-state index is 1.06. The monoisotopic (exact) mass is 178 g/mol. The standard InChI is InChI=1S/C6H14N2O4/c7-1-3(9)5(11)2(8)6(12)4(1)10/h1-6,9-12H,7-8H2/t1?,2?,3-,4-,5-,6+/m0/s1. The second-order valence-corrected chi connectivity index (χ2v) is 3.12. The summed E-state index contributed by atoms with van der Waals surface area (Å²) >= 11 is 0. The zero-order chi connectivity index (χ0) is 9.46. The molecule has 0 bridgehead atoms. The molecule has 8 N–H and O–H groups in total. The van der Waals surface area contributed by atoms with Crippen LogP contribution in [0.1, 0.15) is 0 Å². The zero-order valence-corrected chi connectivity index (χ0v) is 6.41. The summed E-state index contributed by atoms with van der Waals surface area (Å²) in [6.07, 6.45) is -5.17. The fourth-order valence-electron chi connectivity index (χ4n) is 1.31. The van der Waals surface area contributed by atoms with Crippen LogP contribution < -0.4 is 11.5 Å². The third-order valence-corrected chi connectivity index (χ3v) is 2.28. The smallest absolute Gasteiger partial charge is 0.0992 e. The molecule has 6 nitrogen and oxygen atoms in total. The summed E-state index contributed by atoms with van der Waals surface area (Å²) in [6.45, 7) is 0. The fourth-order valence-corrected chi connectivity index (χ4v) is 1.31. The van der Waals surface area contributed by atoms with Crippen LogP contribution in [0.15, 0.2) is 0 Å². The molecule has 0 saturated heterocycles. The average molecular weight is 178 g/mol. The van der Waals surface area contributed by atoms with E-state index in [4.69, 9.17) is 11.5 Å². The van der Waals surface area contributed by atoms with Crippen molar-refractivity contribution in [2.45, 2.75) is 36.5 Å². The Hall–Kier alpha value is -0.240. The minimum atomic E-state index is -1.29. The van der Waals surface area contributed by atoms with Crippen molar-refractivity contribution in [2.24, 2.45) is 11.5 Å². The van der Waals surface area contributed by atoms with Crippen molar-refractivity contribution >= 4 is 0 Å². The molecule has 0 radical (unpaired) electrons. The lowest BCUT2D eigenvalue weighted by molar-refractivity contribution is -0.131. The van der Waals surface area contributed by atoms with Crippen LogP contribution in [0.4, 0.5) is 0 Å². The molecule has 1 saturated carbocycles. The molecule has 6 heteroatoms. The highest BCUT2D eigenvalue weighted by Crippen LogP contribution is 2.18. The highest BCUT2D eigenvalue weighted by molar-refractivity contribution is 5.02. The van der Waals surface area contributed by atoms with Crippen molar-refractivity contribution in [1.82, 2.24) is 0 Å². The van der Waals surface area contributed by atoms with E-state index in [2.05, 4.69) is 0 Å². The summed E-state index contributed by atoms with van der Waals surface area (Å²) in [5.41, 5.74) is 10.6. The van der Waals surface area contributed by atoms with Gasteiger partial charge in [0.2, 0.25) is 0 Å². The van der Waals surface area contributed by atoms with E-state index >= 15 is 0 Å². The van der Waals surface area contributed by atoms with Crippen LogP contribution in [-0.4, -0.2) is 56.9 Å². The van der Waals surface area contributed by atoms with Crippen LogP contribution in [-0.2, 0) is 0 Å². The Kier molecular flexibility index (Phi) is 2.67. The molecule has 0 spiro atoms. The molecule has 6 atom stereocenters. The second-order valence-electron chi connectivity index (χ2n) is 3.12. The van der Waals surface area contributed by atoms with Crippen molar-refractivity contribution in [3.8, 4) is 0 Å². The van der Waals surface area contributed by atoms with E-state index in [0.717, 1.165) is 0 Å². The molecular formula is C6H14N2O4. The van der Waals surface area contributed by atoms with E-state index < -0.39 is 36.5 Å². The van der Waals surface area contributed by atoms with Gasteiger partial charge in [-0.3, -0.25) is 0 Å². The summed E-state index contributed by atoms with van der Waals surface area (Å²) in [5.74, 6) is 0. The molecule has 0 amide bonds. The third kappa shape index (κ3) is 1.33. The third-order valence-electron chi connectivity index (χ3n) is 2.28. The maximum absolute atomic E-state index is 9.18. The first-order valence-electron chi connectivity index (χ1n) is 3.70. The van der Waals surface area contributed by atoms with Crippen LogP contribution >= 0.6 is 0 Å². The van der Waals surface area contributed by atoms with Gasteiger partial charge in [0.25, 0.3) is 0 Å². The number of nitrogens with two attached hydrogens (primary N) is 2. The molecule has 0 aromatic carbocycles. The predicted octanol–water partition coefficient (Wildman–Crippen LogP) is -3.90. The topological polar surface area (TPSA) is 133 Å². The van der Waals surface area contributed by atoms with Gasteiger partial charge in [0.05, 0.1) is 36.5 Å². The molecule has 1 aliphatic carbocycles. The normalized spacial score (nSPS) is 55.5. The summed E-state index contributed by atoms with van der Waals surface area (Å²) in [7, 11) is 0. The maximum atomic E-state index is 9.18. The summed E-state index contributed by atoms with van der Waals surface area (Å²) in [4.78, 5) is 0. The zero-order valence-electron chi connectivity index (χ0n) is 6.41. The molecule has 0 aromatic rings. The molecule has 0 aliphatic heterocycles. The number of hydrogen-bond donors (Lipinski definition) is 6. The Balaban J connectivity index is 2.76. The average Bonchev–Trinajstić information content (AvgIpc) is 2.08. The van der Waals surface area contributed by atoms with E-state index in [1.54, 1.807) is 0 Å². The lowest BCUT2D eigenvalue weighted by Crippen LogP contribution is -2.68. The maximum Gasteiger partial charge on any atom is 0.0992 e. The van der Waals surface area contributed by atoms with Gasteiger partial charge in [-0.1, -0.05) is 0 Å². The number of rotatable bonds is 0. The van der Waals surface area contributed by atoms with Crippen molar-refractivity contribution < 1.29 is 20.4 Å². The van der Waals surface area contributed by atoms with Gasteiger partial charge in [-0.2, -0.15) is 0 Å². The van der Waals surface area contributed by atoms with Gasteiger partial charge in [-0.25, -0.2) is 0 Å². The molecular weight excluding hydrogens is 164 g/mol. The van der Waals surface area contributed by atoms with Gasteiger partial charge in [0, 0.05) is 0 Å². The second kappa shape index (κ2) is 3.25. The summed E-state index contributed by atoms with van der Waals surface area (Å²) in [5, 5.41) is 36.7. The van der Waals surface area contributed by atoms with Crippen molar-refractivity contribution in [3.63, 3.8) is 0 Å². The summed E-state index contributed by atoms with van der Waals surface area (Å²) < 4.78 is 0. The first-order chi connectivity index (χ1) is 5.46. The molecule has 2 unspecified atom stereocenters. The van der Waals surface area contributed by atoms with Crippen LogP contribution in [0.3, 0.4) is 0 Å². The van der Waals surface area contributed by atoms with Gasteiger partial charge in [-0.05, 0) is 0 Å². The van der Waals surface area contributed by atoms with Crippen LogP contribution in [0.5, 0.6) is 0 Å². The Morgan fingerprint density at radius 1 is 0.583 bits per heavy atom. The molecule has 12 heavy (non-hydrogen) atoms. The molecule has 1 fully saturated rings. The Labute approximate surface area is 69.4 Å². The van der Waals surface area contributed by atoms with E-state index in [1.807, 2.05) is 0 Å². The van der Waals surface area contributed by atoms with Gasteiger partial charge in [0.15, 0.2) is 0 Å². The van der Waals surface area contributed by atoms with E-state index in [-0.39, 0.29) is 0 Å². The van der Waals surface area contributed by atoms with Crippen LogP contribution in [0, 0.1) is 0 Å². The first-order valence-corrected chi connectivity index (χ1v) is 3.70.